The predicted octanol–water partition coefficient (Wildman–Crippen LogP) is 11.3. The van der Waals surface area contributed by atoms with Crippen molar-refractivity contribution in [3.8, 4) is 11.8 Å². The highest BCUT2D eigenvalue weighted by Gasteiger charge is 2.10. The summed E-state index contributed by atoms with van der Waals surface area (Å²) >= 11 is 1.82. The second-order valence-corrected chi connectivity index (χ2v) is 11.4. The molecule has 0 fully saturated rings. The number of thioether (sulfide) groups is 1. The summed E-state index contributed by atoms with van der Waals surface area (Å²) in [6.45, 7) is 20.7. The maximum Gasteiger partial charge on any atom is 0.0256 e. The van der Waals surface area contributed by atoms with E-state index in [1.54, 1.807) is 0 Å². The van der Waals surface area contributed by atoms with Gasteiger partial charge < -0.3 is 5.73 Å². The molecule has 1 aromatic rings. The topological polar surface area (TPSA) is 26.0 Å². The first-order valence-corrected chi connectivity index (χ1v) is 15.7. The average Bonchev–Trinajstić information content (AvgIpc) is 2.91. The molecule has 212 valence electrons. The van der Waals surface area contributed by atoms with Crippen LogP contribution in [0.1, 0.15) is 117 Å². The fourth-order valence-electron chi connectivity index (χ4n) is 3.93. The van der Waals surface area contributed by atoms with Crippen LogP contribution in [0.2, 0.25) is 0 Å². The molecule has 0 saturated carbocycles. The molecule has 0 aliphatic rings. The Hall–Kier alpha value is -2.47. The molecule has 0 aliphatic carbocycles. The molecule has 2 N–H and O–H groups in total. The zero-order valence-corrected chi connectivity index (χ0v) is 26.7. The Kier molecular flexibility index (Phi) is 18.1. The molecule has 0 radical (unpaired) electrons. The van der Waals surface area contributed by atoms with Gasteiger partial charge in [-0.2, -0.15) is 0 Å². The quantitative estimate of drug-likeness (QED) is 0.0971. The van der Waals surface area contributed by atoms with E-state index >= 15 is 0 Å². The second kappa shape index (κ2) is 20.4. The van der Waals surface area contributed by atoms with E-state index in [0.29, 0.717) is 6.54 Å². The van der Waals surface area contributed by atoms with Crippen molar-refractivity contribution < 1.29 is 0 Å². The minimum atomic E-state index is 0.655. The van der Waals surface area contributed by atoms with Gasteiger partial charge in [0.05, 0.1) is 0 Å². The third-order valence-electron chi connectivity index (χ3n) is 6.66. The van der Waals surface area contributed by atoms with Crippen LogP contribution in [0.3, 0.4) is 0 Å². The molecule has 0 amide bonds. The minimum absolute atomic E-state index is 0.655. The highest BCUT2D eigenvalue weighted by Crippen LogP contribution is 2.36. The Balaban J connectivity index is 3.57. The van der Waals surface area contributed by atoms with Gasteiger partial charge in [-0.25, -0.2) is 0 Å². The maximum absolute atomic E-state index is 5.90. The molecule has 1 nitrogen and oxygen atoms in total. The molecule has 2 heteroatoms. The van der Waals surface area contributed by atoms with Crippen molar-refractivity contribution in [2.45, 2.75) is 111 Å². The molecule has 0 bridgehead atoms. The van der Waals surface area contributed by atoms with E-state index in [-0.39, 0.29) is 0 Å². The van der Waals surface area contributed by atoms with Gasteiger partial charge >= 0.3 is 0 Å². The Bertz CT molecular complexity index is 1130. The number of hydrogen-bond acceptors (Lipinski definition) is 2. The van der Waals surface area contributed by atoms with E-state index in [1.807, 2.05) is 11.8 Å². The van der Waals surface area contributed by atoms with Crippen LogP contribution in [0, 0.1) is 11.8 Å². The van der Waals surface area contributed by atoms with Gasteiger partial charge in [-0.1, -0.05) is 124 Å². The average molecular weight is 544 g/mol. The van der Waals surface area contributed by atoms with E-state index in [2.05, 4.69) is 115 Å². The number of rotatable bonds is 16. The van der Waals surface area contributed by atoms with Gasteiger partial charge in [0.25, 0.3) is 0 Å². The van der Waals surface area contributed by atoms with Crippen molar-refractivity contribution in [2.24, 2.45) is 5.73 Å². The Morgan fingerprint density at radius 1 is 0.974 bits per heavy atom. The molecule has 0 unspecified atom stereocenters. The normalized spacial score (nSPS) is 13.4. The third-order valence-corrected chi connectivity index (χ3v) is 7.69. The lowest BCUT2D eigenvalue weighted by atomic mass is 10.0. The summed E-state index contributed by atoms with van der Waals surface area (Å²) in [5, 5.41) is 0. The second-order valence-electron chi connectivity index (χ2n) is 10.3. The summed E-state index contributed by atoms with van der Waals surface area (Å²) in [7, 11) is 0. The van der Waals surface area contributed by atoms with Crippen molar-refractivity contribution in [1.82, 2.24) is 0 Å². The number of hydrogen-bond donors (Lipinski definition) is 1. The molecule has 0 heterocycles. The van der Waals surface area contributed by atoms with Crippen molar-refractivity contribution >= 4 is 17.3 Å². The largest absolute Gasteiger partial charge is 0.330 e. The SMILES string of the molecule is C=C(/C=C\C(=C/CCCC)CCN)c1ccc(C#CCCC)cc1SC(/C=C(\C)CC)=C/C(C)=C(\C)CCC. The molecule has 0 atom stereocenters. The molecule has 0 aromatic heterocycles. The number of allylic oxidation sites excluding steroid dienone is 9. The Morgan fingerprint density at radius 2 is 1.74 bits per heavy atom. The Morgan fingerprint density at radius 3 is 2.38 bits per heavy atom. The fraction of sp³-hybridized carbons (Fsp3) is 0.459. The van der Waals surface area contributed by atoms with E-state index in [1.165, 1.54) is 44.9 Å². The molecule has 1 rings (SSSR count). The smallest absolute Gasteiger partial charge is 0.0256 e. The summed E-state index contributed by atoms with van der Waals surface area (Å²) in [6.07, 6.45) is 21.1. The van der Waals surface area contributed by atoms with Crippen LogP contribution >= 0.6 is 11.8 Å². The van der Waals surface area contributed by atoms with E-state index in [0.717, 1.165) is 61.6 Å². The zero-order chi connectivity index (χ0) is 29.0. The molecule has 39 heavy (non-hydrogen) atoms. The summed E-state index contributed by atoms with van der Waals surface area (Å²) in [4.78, 5) is 2.44. The maximum atomic E-state index is 5.90. The summed E-state index contributed by atoms with van der Waals surface area (Å²) in [5.41, 5.74) is 14.6. The van der Waals surface area contributed by atoms with E-state index in [9.17, 15) is 0 Å². The summed E-state index contributed by atoms with van der Waals surface area (Å²) < 4.78 is 0. The van der Waals surface area contributed by atoms with Gasteiger partial charge in [-0.15, -0.1) is 0 Å². The van der Waals surface area contributed by atoms with Gasteiger partial charge in [0.2, 0.25) is 0 Å². The number of unbranched alkanes of at least 4 members (excludes halogenated alkanes) is 3. The molecule has 0 aliphatic heterocycles. The van der Waals surface area contributed by atoms with Crippen LogP contribution in [0.25, 0.3) is 5.57 Å². The van der Waals surface area contributed by atoms with Crippen molar-refractivity contribution in [3.63, 3.8) is 0 Å². The standard InChI is InChI=1S/C37H53NS/c1-9-13-15-18-33(24-25-38)21-20-31(7)36-23-22-34(19-16-14-10-2)28-37(36)39-35(26-29(5)12-4)27-32(8)30(6)17-11-3/h18,20-23,26-28H,7,9-15,17,24-25,38H2,1-6,8H3/b21-20-,29-26+,32-30+,33-18+,35-27+. The third kappa shape index (κ3) is 13.9. The van der Waals surface area contributed by atoms with Gasteiger partial charge in [0.1, 0.15) is 0 Å². The van der Waals surface area contributed by atoms with Crippen LogP contribution < -0.4 is 5.73 Å². The minimum Gasteiger partial charge on any atom is -0.330 e. The number of nitrogens with two attached hydrogens (primary N) is 1. The highest BCUT2D eigenvalue weighted by molar-refractivity contribution is 8.03. The van der Waals surface area contributed by atoms with Crippen LogP contribution in [0.15, 0.2) is 87.3 Å². The van der Waals surface area contributed by atoms with Crippen LogP contribution in [0.5, 0.6) is 0 Å². The lowest BCUT2D eigenvalue weighted by Crippen LogP contribution is -1.99. The van der Waals surface area contributed by atoms with Crippen molar-refractivity contribution in [2.75, 3.05) is 6.54 Å². The zero-order valence-electron chi connectivity index (χ0n) is 25.9. The van der Waals surface area contributed by atoms with Gasteiger partial charge in [0, 0.05) is 21.8 Å². The molecule has 0 saturated heterocycles. The first kappa shape index (κ1) is 34.6. The summed E-state index contributed by atoms with van der Waals surface area (Å²) in [5.74, 6) is 6.68. The first-order valence-electron chi connectivity index (χ1n) is 14.9. The van der Waals surface area contributed by atoms with E-state index < -0.39 is 0 Å². The molecular formula is C37H53NS. The molecule has 0 spiro atoms. The lowest BCUT2D eigenvalue weighted by Gasteiger charge is -2.13. The van der Waals surface area contributed by atoms with Crippen LogP contribution in [0.4, 0.5) is 0 Å². The predicted molar refractivity (Wildman–Crippen MR) is 179 cm³/mol. The van der Waals surface area contributed by atoms with Crippen molar-refractivity contribution in [1.29, 1.82) is 0 Å². The monoisotopic (exact) mass is 543 g/mol. The number of benzene rings is 1. The highest BCUT2D eigenvalue weighted by atomic mass is 32.2. The molecular weight excluding hydrogens is 490 g/mol. The van der Waals surface area contributed by atoms with Crippen LogP contribution in [-0.4, -0.2) is 6.54 Å². The van der Waals surface area contributed by atoms with Gasteiger partial charge in [-0.05, 0) is 94.8 Å². The lowest BCUT2D eigenvalue weighted by molar-refractivity contribution is 0.807. The first-order chi connectivity index (χ1) is 18.8. The van der Waals surface area contributed by atoms with Crippen LogP contribution in [-0.2, 0) is 0 Å². The van der Waals surface area contributed by atoms with Crippen molar-refractivity contribution in [3.05, 3.63) is 93.5 Å². The fourth-order valence-corrected chi connectivity index (χ4v) is 5.17. The summed E-state index contributed by atoms with van der Waals surface area (Å²) in [6, 6.07) is 6.56. The molecule has 1 aromatic carbocycles. The van der Waals surface area contributed by atoms with Gasteiger partial charge in [-0.3, -0.25) is 0 Å². The van der Waals surface area contributed by atoms with E-state index in [4.69, 9.17) is 5.73 Å². The Labute approximate surface area is 245 Å². The van der Waals surface area contributed by atoms with Gasteiger partial charge in [0.15, 0.2) is 0 Å².